The Hall–Kier alpha value is -2.21. The quantitative estimate of drug-likeness (QED) is 0.600. The molecule has 0 saturated carbocycles. The summed E-state index contributed by atoms with van der Waals surface area (Å²) in [5, 5.41) is 9.57. The number of hydrogen-bond acceptors (Lipinski definition) is 6. The van der Waals surface area contributed by atoms with E-state index in [0.717, 1.165) is 5.57 Å². The van der Waals surface area contributed by atoms with Gasteiger partial charge in [0, 0.05) is 30.4 Å². The number of aliphatic hydroxyl groups is 1. The number of carbonyl (C=O) groups is 3. The Labute approximate surface area is 133 Å². The molecule has 6 heteroatoms. The molecule has 0 bridgehead atoms. The SMILES string of the molecule is C=C1C(=O)OC2C3C(CO)=CC(=O)C3=C(C)CC(OC(C)=O)C12. The predicted molar refractivity (Wildman–Crippen MR) is 79.0 cm³/mol. The molecule has 3 aliphatic rings. The van der Waals surface area contributed by atoms with Gasteiger partial charge in [-0.25, -0.2) is 4.79 Å². The van der Waals surface area contributed by atoms with Crippen molar-refractivity contribution in [2.24, 2.45) is 11.8 Å². The lowest BCUT2D eigenvalue weighted by atomic mass is 9.82. The maximum Gasteiger partial charge on any atom is 0.334 e. The van der Waals surface area contributed by atoms with Gasteiger partial charge in [0.2, 0.25) is 0 Å². The number of allylic oxidation sites excluding steroid dienone is 1. The van der Waals surface area contributed by atoms with Gasteiger partial charge in [-0.3, -0.25) is 9.59 Å². The van der Waals surface area contributed by atoms with Gasteiger partial charge in [-0.2, -0.15) is 0 Å². The molecule has 1 N–H and O–H groups in total. The number of fused-ring (bicyclic) bond motifs is 3. The van der Waals surface area contributed by atoms with E-state index in [1.165, 1.54) is 13.0 Å². The van der Waals surface area contributed by atoms with E-state index in [9.17, 15) is 19.5 Å². The maximum absolute atomic E-state index is 12.3. The van der Waals surface area contributed by atoms with Crippen molar-refractivity contribution >= 4 is 17.7 Å². The first-order valence-corrected chi connectivity index (χ1v) is 7.47. The highest BCUT2D eigenvalue weighted by atomic mass is 16.6. The van der Waals surface area contributed by atoms with E-state index in [2.05, 4.69) is 6.58 Å². The molecule has 0 aromatic heterocycles. The van der Waals surface area contributed by atoms with Crippen molar-refractivity contribution in [3.63, 3.8) is 0 Å². The minimum absolute atomic E-state index is 0.188. The van der Waals surface area contributed by atoms with E-state index < -0.39 is 36.0 Å². The van der Waals surface area contributed by atoms with Gasteiger partial charge in [-0.1, -0.05) is 12.2 Å². The van der Waals surface area contributed by atoms with Crippen LogP contribution in [0.1, 0.15) is 20.3 Å². The predicted octanol–water partition coefficient (Wildman–Crippen LogP) is 0.854. The molecule has 0 radical (unpaired) electrons. The van der Waals surface area contributed by atoms with E-state index in [1.54, 1.807) is 6.92 Å². The van der Waals surface area contributed by atoms with Crippen LogP contribution in [0.5, 0.6) is 0 Å². The fraction of sp³-hybridized carbons (Fsp3) is 0.471. The van der Waals surface area contributed by atoms with Crippen LogP contribution in [0.15, 0.2) is 34.9 Å². The summed E-state index contributed by atoms with van der Waals surface area (Å²) < 4.78 is 10.8. The van der Waals surface area contributed by atoms with Gasteiger partial charge in [0.05, 0.1) is 12.5 Å². The van der Waals surface area contributed by atoms with E-state index in [1.807, 2.05) is 0 Å². The van der Waals surface area contributed by atoms with Gasteiger partial charge in [0.15, 0.2) is 5.78 Å². The fourth-order valence-corrected chi connectivity index (χ4v) is 3.85. The van der Waals surface area contributed by atoms with Crippen LogP contribution in [0.4, 0.5) is 0 Å². The molecular weight excluding hydrogens is 300 g/mol. The first kappa shape index (κ1) is 15.7. The summed E-state index contributed by atoms with van der Waals surface area (Å²) in [6.07, 6.45) is 0.446. The van der Waals surface area contributed by atoms with Crippen molar-refractivity contribution in [2.45, 2.75) is 32.5 Å². The van der Waals surface area contributed by atoms with Gasteiger partial charge in [-0.15, -0.1) is 0 Å². The van der Waals surface area contributed by atoms with Crippen LogP contribution in [0.2, 0.25) is 0 Å². The Morgan fingerprint density at radius 2 is 2.17 bits per heavy atom. The summed E-state index contributed by atoms with van der Waals surface area (Å²) in [5.74, 6) is -2.22. The third-order valence-electron chi connectivity index (χ3n) is 4.75. The average molecular weight is 318 g/mol. The summed E-state index contributed by atoms with van der Waals surface area (Å²) in [6.45, 7) is 6.59. The average Bonchev–Trinajstić information content (AvgIpc) is 2.91. The molecule has 6 nitrogen and oxygen atoms in total. The summed E-state index contributed by atoms with van der Waals surface area (Å²) in [5.41, 5.74) is 2.07. The molecule has 1 heterocycles. The lowest BCUT2D eigenvalue weighted by molar-refractivity contribution is -0.150. The standard InChI is InChI=1S/C17H18O6/c1-7-4-12(22-9(3)19)14-8(2)17(21)23-16(14)15-10(6-18)5-11(20)13(7)15/h5,12,14-16,18H,2,4,6H2,1,3H3. The molecule has 1 saturated heterocycles. The molecule has 1 fully saturated rings. The number of ketones is 1. The summed E-state index contributed by atoms with van der Waals surface area (Å²) in [7, 11) is 0. The molecular formula is C17H18O6. The molecule has 4 unspecified atom stereocenters. The van der Waals surface area contributed by atoms with Crippen LogP contribution < -0.4 is 0 Å². The van der Waals surface area contributed by atoms with Gasteiger partial charge in [0.1, 0.15) is 12.2 Å². The Morgan fingerprint density at radius 3 is 2.78 bits per heavy atom. The first-order valence-electron chi connectivity index (χ1n) is 7.47. The van der Waals surface area contributed by atoms with Crippen LogP contribution >= 0.6 is 0 Å². The zero-order valence-electron chi connectivity index (χ0n) is 13.0. The van der Waals surface area contributed by atoms with Gasteiger partial charge in [0.25, 0.3) is 0 Å². The first-order chi connectivity index (χ1) is 10.8. The smallest absolute Gasteiger partial charge is 0.334 e. The Kier molecular flexibility index (Phi) is 3.72. The van der Waals surface area contributed by atoms with Crippen molar-refractivity contribution < 1.29 is 29.0 Å². The number of ether oxygens (including phenoxy) is 2. The largest absolute Gasteiger partial charge is 0.461 e. The van der Waals surface area contributed by atoms with Crippen molar-refractivity contribution in [3.8, 4) is 0 Å². The van der Waals surface area contributed by atoms with Gasteiger partial charge >= 0.3 is 11.9 Å². The molecule has 0 amide bonds. The lowest BCUT2D eigenvalue weighted by Crippen LogP contribution is -2.36. The highest BCUT2D eigenvalue weighted by Crippen LogP contribution is 2.48. The molecule has 4 atom stereocenters. The van der Waals surface area contributed by atoms with Crippen LogP contribution in [-0.4, -0.2) is 41.6 Å². The van der Waals surface area contributed by atoms with E-state index >= 15 is 0 Å². The van der Waals surface area contributed by atoms with E-state index in [4.69, 9.17) is 9.47 Å². The zero-order valence-corrected chi connectivity index (χ0v) is 13.0. The molecule has 0 aromatic carbocycles. The third kappa shape index (κ3) is 2.34. The molecule has 1 aliphatic heterocycles. The molecule has 2 aliphatic carbocycles. The maximum atomic E-state index is 12.3. The van der Waals surface area contributed by atoms with Crippen molar-refractivity contribution in [1.29, 1.82) is 0 Å². The second kappa shape index (κ2) is 5.45. The van der Waals surface area contributed by atoms with Crippen molar-refractivity contribution in [1.82, 2.24) is 0 Å². The van der Waals surface area contributed by atoms with E-state index in [-0.39, 0.29) is 18.0 Å². The monoisotopic (exact) mass is 318 g/mol. The lowest BCUT2D eigenvalue weighted by Gasteiger charge is -2.27. The molecule has 3 rings (SSSR count). The van der Waals surface area contributed by atoms with Crippen LogP contribution in [-0.2, 0) is 23.9 Å². The van der Waals surface area contributed by atoms with Gasteiger partial charge < -0.3 is 14.6 Å². The van der Waals surface area contributed by atoms with Crippen LogP contribution in [0.25, 0.3) is 0 Å². The van der Waals surface area contributed by atoms with E-state index in [0.29, 0.717) is 17.6 Å². The Balaban J connectivity index is 2.11. The number of esters is 2. The minimum Gasteiger partial charge on any atom is -0.461 e. The van der Waals surface area contributed by atoms with Gasteiger partial charge in [-0.05, 0) is 18.6 Å². The number of aliphatic hydroxyl groups excluding tert-OH is 1. The fourth-order valence-electron chi connectivity index (χ4n) is 3.85. The Bertz CT molecular complexity index is 683. The van der Waals surface area contributed by atoms with Crippen LogP contribution in [0, 0.1) is 11.8 Å². The summed E-state index contributed by atoms with van der Waals surface area (Å²) in [4.78, 5) is 35.7. The second-order valence-corrected chi connectivity index (χ2v) is 6.19. The normalized spacial score (nSPS) is 33.0. The molecule has 122 valence electrons. The number of carbonyl (C=O) groups excluding carboxylic acids is 3. The highest BCUT2D eigenvalue weighted by molar-refractivity contribution is 6.09. The second-order valence-electron chi connectivity index (χ2n) is 6.19. The van der Waals surface area contributed by atoms with Crippen molar-refractivity contribution in [2.75, 3.05) is 6.61 Å². The summed E-state index contributed by atoms with van der Waals surface area (Å²) in [6, 6.07) is 0. The molecule has 23 heavy (non-hydrogen) atoms. The highest BCUT2D eigenvalue weighted by Gasteiger charge is 2.54. The van der Waals surface area contributed by atoms with Crippen LogP contribution in [0.3, 0.4) is 0 Å². The topological polar surface area (TPSA) is 89.9 Å². The third-order valence-corrected chi connectivity index (χ3v) is 4.75. The number of rotatable bonds is 2. The Morgan fingerprint density at radius 1 is 1.48 bits per heavy atom. The summed E-state index contributed by atoms with van der Waals surface area (Å²) >= 11 is 0. The zero-order chi connectivity index (χ0) is 16.9. The van der Waals surface area contributed by atoms with Crippen molar-refractivity contribution in [3.05, 3.63) is 34.9 Å². The molecule has 0 spiro atoms. The molecule has 0 aromatic rings. The minimum atomic E-state index is -0.684. The number of hydrogen-bond donors (Lipinski definition) is 1.